The van der Waals surface area contributed by atoms with Gasteiger partial charge in [-0.1, -0.05) is 23.7 Å². The molecule has 5 rings (SSSR count). The molecule has 2 N–H and O–H groups in total. The number of hydrogen-bond donors (Lipinski definition) is 2. The molecule has 3 aromatic rings. The Bertz CT molecular complexity index is 1090. The summed E-state index contributed by atoms with van der Waals surface area (Å²) in [6.45, 7) is 1.13. The van der Waals surface area contributed by atoms with Gasteiger partial charge in [0.05, 0.1) is 24.7 Å². The number of carbonyl (C=O) groups is 1. The quantitative estimate of drug-likeness (QED) is 0.635. The molecule has 0 radical (unpaired) electrons. The van der Waals surface area contributed by atoms with Gasteiger partial charge < -0.3 is 14.8 Å². The van der Waals surface area contributed by atoms with Gasteiger partial charge in [-0.15, -0.1) is 0 Å². The summed E-state index contributed by atoms with van der Waals surface area (Å²) < 4.78 is 11.3. The van der Waals surface area contributed by atoms with Gasteiger partial charge in [0.1, 0.15) is 5.82 Å². The monoisotopic (exact) mass is 424 g/mol. The van der Waals surface area contributed by atoms with Gasteiger partial charge in [0.15, 0.2) is 17.3 Å². The Morgan fingerprint density at radius 1 is 1.20 bits per heavy atom. The zero-order valence-corrected chi connectivity index (χ0v) is 17.0. The van der Waals surface area contributed by atoms with E-state index in [4.69, 9.17) is 21.1 Å². The number of benzene rings is 2. The molecular weight excluding hydrogens is 404 g/mol. The minimum absolute atomic E-state index is 0.147. The number of hydrogen-bond acceptors (Lipinski definition) is 5. The number of rotatable bonds is 5. The minimum Gasteiger partial charge on any atom is -0.489 e. The average Bonchev–Trinajstić information content (AvgIpc) is 3.50. The highest BCUT2D eigenvalue weighted by Crippen LogP contribution is 2.39. The molecule has 2 aromatic carbocycles. The number of aromatic amines is 1. The van der Waals surface area contributed by atoms with Crippen molar-refractivity contribution in [3.63, 3.8) is 0 Å². The predicted molar refractivity (Wildman–Crippen MR) is 113 cm³/mol. The number of carbonyl (C=O) groups excluding carboxylic acids is 1. The van der Waals surface area contributed by atoms with Crippen LogP contribution < -0.4 is 14.8 Å². The molecule has 1 fully saturated rings. The van der Waals surface area contributed by atoms with Crippen LogP contribution in [-0.2, 0) is 11.2 Å². The van der Waals surface area contributed by atoms with Crippen molar-refractivity contribution in [1.82, 2.24) is 15.2 Å². The molecule has 1 aliphatic carbocycles. The fourth-order valence-electron chi connectivity index (χ4n) is 3.46. The van der Waals surface area contributed by atoms with Crippen LogP contribution in [-0.4, -0.2) is 34.3 Å². The second kappa shape index (κ2) is 7.99. The molecule has 0 saturated heterocycles. The van der Waals surface area contributed by atoms with Crippen molar-refractivity contribution in [2.75, 3.05) is 18.5 Å². The molecule has 1 saturated carbocycles. The summed E-state index contributed by atoms with van der Waals surface area (Å²) in [5.74, 6) is 3.07. The van der Waals surface area contributed by atoms with E-state index in [1.165, 1.54) is 0 Å². The molecule has 1 amide bonds. The van der Waals surface area contributed by atoms with E-state index >= 15 is 0 Å². The Morgan fingerprint density at radius 3 is 2.93 bits per heavy atom. The van der Waals surface area contributed by atoms with E-state index in [0.717, 1.165) is 36.2 Å². The third kappa shape index (κ3) is 4.11. The second-order valence-electron chi connectivity index (χ2n) is 7.58. The van der Waals surface area contributed by atoms with E-state index in [1.807, 2.05) is 30.3 Å². The van der Waals surface area contributed by atoms with E-state index in [9.17, 15) is 4.79 Å². The van der Waals surface area contributed by atoms with Crippen LogP contribution in [0, 0.1) is 0 Å². The molecule has 1 aromatic heterocycles. The molecular formula is C22H21ClN4O3. The first-order valence-corrected chi connectivity index (χ1v) is 10.4. The summed E-state index contributed by atoms with van der Waals surface area (Å²) in [6, 6.07) is 11.1. The molecule has 0 atom stereocenters. The largest absolute Gasteiger partial charge is 0.489 e. The van der Waals surface area contributed by atoms with Crippen molar-refractivity contribution in [2.24, 2.45) is 0 Å². The smallest absolute Gasteiger partial charge is 0.228 e. The van der Waals surface area contributed by atoms with Crippen LogP contribution in [0.3, 0.4) is 0 Å². The SMILES string of the molecule is O=C(Cc1cc(Cl)c2c(c1)OCCCO2)Nc1cccc(-c2n[nH]c(C3CC3)n2)c1. The van der Waals surface area contributed by atoms with Gasteiger partial charge in [-0.3, -0.25) is 9.89 Å². The molecule has 0 spiro atoms. The maximum Gasteiger partial charge on any atom is 0.228 e. The van der Waals surface area contributed by atoms with E-state index in [1.54, 1.807) is 6.07 Å². The van der Waals surface area contributed by atoms with Gasteiger partial charge in [0.2, 0.25) is 5.91 Å². The summed E-state index contributed by atoms with van der Waals surface area (Å²) in [7, 11) is 0. The lowest BCUT2D eigenvalue weighted by atomic mass is 10.1. The fraction of sp³-hybridized carbons (Fsp3) is 0.318. The molecule has 0 unspecified atom stereocenters. The first-order chi connectivity index (χ1) is 14.7. The highest BCUT2D eigenvalue weighted by molar-refractivity contribution is 6.32. The lowest BCUT2D eigenvalue weighted by Gasteiger charge is -2.12. The van der Waals surface area contributed by atoms with E-state index in [-0.39, 0.29) is 12.3 Å². The number of aromatic nitrogens is 3. The van der Waals surface area contributed by atoms with E-state index in [2.05, 4.69) is 20.5 Å². The van der Waals surface area contributed by atoms with Crippen molar-refractivity contribution in [3.05, 3.63) is 52.8 Å². The van der Waals surface area contributed by atoms with Crippen molar-refractivity contribution in [1.29, 1.82) is 0 Å². The number of nitrogens with zero attached hydrogens (tertiary/aromatic N) is 2. The molecule has 8 heteroatoms. The van der Waals surface area contributed by atoms with Crippen LogP contribution in [0.1, 0.15) is 36.6 Å². The van der Waals surface area contributed by atoms with E-state index in [0.29, 0.717) is 47.2 Å². The summed E-state index contributed by atoms with van der Waals surface area (Å²) in [5.41, 5.74) is 2.31. The van der Waals surface area contributed by atoms with Gasteiger partial charge in [-0.2, -0.15) is 5.10 Å². The molecule has 1 aliphatic heterocycles. The maximum atomic E-state index is 12.6. The molecule has 2 heterocycles. The number of nitrogens with one attached hydrogen (secondary N) is 2. The first-order valence-electron chi connectivity index (χ1n) is 10.1. The summed E-state index contributed by atoms with van der Waals surface area (Å²) in [6.07, 6.45) is 3.29. The Morgan fingerprint density at radius 2 is 2.07 bits per heavy atom. The molecule has 0 bridgehead atoms. The molecule has 7 nitrogen and oxygen atoms in total. The predicted octanol–water partition coefficient (Wildman–Crippen LogP) is 4.35. The van der Waals surface area contributed by atoms with Crippen LogP contribution in [0.5, 0.6) is 11.5 Å². The third-order valence-corrected chi connectivity index (χ3v) is 5.38. The topological polar surface area (TPSA) is 89.1 Å². The molecule has 154 valence electrons. The van der Waals surface area contributed by atoms with Crippen LogP contribution >= 0.6 is 11.6 Å². The zero-order valence-electron chi connectivity index (χ0n) is 16.3. The zero-order chi connectivity index (χ0) is 20.5. The number of halogens is 1. The Hall–Kier alpha value is -3.06. The maximum absolute atomic E-state index is 12.6. The third-order valence-electron chi connectivity index (χ3n) is 5.10. The average molecular weight is 425 g/mol. The van der Waals surface area contributed by atoms with Gasteiger partial charge in [0.25, 0.3) is 0 Å². The lowest BCUT2D eigenvalue weighted by Crippen LogP contribution is -2.14. The normalized spacial score (nSPS) is 15.5. The standard InChI is InChI=1S/C22H21ClN4O3/c23-17-9-13(10-18-20(17)30-8-2-7-29-18)11-19(28)24-16-4-1-3-15(12-16)22-25-21(26-27-22)14-5-6-14/h1,3-4,9-10,12,14H,2,5-8,11H2,(H,24,28)(H,25,26,27). The van der Waals surface area contributed by atoms with Crippen LogP contribution in [0.15, 0.2) is 36.4 Å². The van der Waals surface area contributed by atoms with Crippen LogP contribution in [0.2, 0.25) is 5.02 Å². The number of fused-ring (bicyclic) bond motifs is 1. The van der Waals surface area contributed by atoms with Gasteiger partial charge in [0, 0.05) is 23.6 Å². The van der Waals surface area contributed by atoms with Crippen molar-refractivity contribution >= 4 is 23.2 Å². The fourth-order valence-corrected chi connectivity index (χ4v) is 3.74. The molecule has 2 aliphatic rings. The van der Waals surface area contributed by atoms with Gasteiger partial charge in [-0.05, 0) is 42.7 Å². The first kappa shape index (κ1) is 18.9. The lowest BCUT2D eigenvalue weighted by molar-refractivity contribution is -0.115. The van der Waals surface area contributed by atoms with Crippen molar-refractivity contribution in [2.45, 2.75) is 31.6 Å². The molecule has 30 heavy (non-hydrogen) atoms. The number of H-pyrrole nitrogens is 1. The summed E-state index contributed by atoms with van der Waals surface area (Å²) >= 11 is 6.33. The Labute approximate surface area is 178 Å². The number of ether oxygens (including phenoxy) is 2. The Kier molecular flexibility index (Phi) is 5.04. The summed E-state index contributed by atoms with van der Waals surface area (Å²) in [4.78, 5) is 17.2. The minimum atomic E-state index is -0.147. The van der Waals surface area contributed by atoms with Crippen molar-refractivity contribution in [3.8, 4) is 22.9 Å². The van der Waals surface area contributed by atoms with Crippen LogP contribution in [0.25, 0.3) is 11.4 Å². The number of anilines is 1. The number of amides is 1. The second-order valence-corrected chi connectivity index (χ2v) is 7.99. The van der Waals surface area contributed by atoms with Gasteiger partial charge >= 0.3 is 0 Å². The highest BCUT2D eigenvalue weighted by Gasteiger charge is 2.27. The van der Waals surface area contributed by atoms with Crippen LogP contribution in [0.4, 0.5) is 5.69 Å². The highest BCUT2D eigenvalue weighted by atomic mass is 35.5. The Balaban J connectivity index is 1.28. The summed E-state index contributed by atoms with van der Waals surface area (Å²) in [5, 5.41) is 10.7. The van der Waals surface area contributed by atoms with Crippen molar-refractivity contribution < 1.29 is 14.3 Å². The van der Waals surface area contributed by atoms with Gasteiger partial charge in [-0.25, -0.2) is 4.98 Å². The van der Waals surface area contributed by atoms with E-state index < -0.39 is 0 Å².